The number of oxazole rings is 1. The molecule has 0 bridgehead atoms. The van der Waals surface area contributed by atoms with E-state index in [1.54, 1.807) is 12.1 Å². The van der Waals surface area contributed by atoms with Crippen LogP contribution in [0, 0.1) is 11.3 Å². The van der Waals surface area contributed by atoms with Crippen LogP contribution >= 0.6 is 0 Å². The number of rotatable bonds is 4. The van der Waals surface area contributed by atoms with Crippen LogP contribution in [0.15, 0.2) is 57.6 Å². The third-order valence-corrected chi connectivity index (χ3v) is 3.11. The number of nitrogens with zero attached hydrogens (tertiary/aromatic N) is 2. The van der Waals surface area contributed by atoms with Crippen molar-refractivity contribution in [1.29, 1.82) is 5.26 Å². The number of benzene rings is 1. The first-order valence-corrected chi connectivity index (χ1v) is 6.54. The maximum atomic E-state index is 9.17. The van der Waals surface area contributed by atoms with Gasteiger partial charge in [-0.25, -0.2) is 0 Å². The van der Waals surface area contributed by atoms with E-state index in [2.05, 4.69) is 10.3 Å². The molecule has 1 atom stereocenters. The van der Waals surface area contributed by atoms with E-state index in [4.69, 9.17) is 14.1 Å². The van der Waals surface area contributed by atoms with Crippen LogP contribution in [0.25, 0.3) is 11.7 Å². The van der Waals surface area contributed by atoms with Crippen LogP contribution in [-0.4, -0.2) is 4.98 Å². The van der Waals surface area contributed by atoms with E-state index in [-0.39, 0.29) is 11.7 Å². The Morgan fingerprint density at radius 2 is 2.00 bits per heavy atom. The Kier molecular flexibility index (Phi) is 3.44. The van der Waals surface area contributed by atoms with Gasteiger partial charge >= 0.3 is 0 Å². The zero-order valence-corrected chi connectivity index (χ0v) is 11.4. The van der Waals surface area contributed by atoms with Crippen molar-refractivity contribution in [3.8, 4) is 17.7 Å². The summed E-state index contributed by atoms with van der Waals surface area (Å²) < 4.78 is 10.8. The molecule has 0 unspecified atom stereocenters. The van der Waals surface area contributed by atoms with Gasteiger partial charge in [-0.15, -0.1) is 0 Å². The van der Waals surface area contributed by atoms with Gasteiger partial charge in [0.1, 0.15) is 6.07 Å². The van der Waals surface area contributed by atoms with Crippen LogP contribution in [-0.2, 0) is 0 Å². The van der Waals surface area contributed by atoms with Crippen LogP contribution in [0.4, 0.5) is 5.88 Å². The van der Waals surface area contributed by atoms with Crippen molar-refractivity contribution >= 4 is 5.88 Å². The summed E-state index contributed by atoms with van der Waals surface area (Å²) in [6, 6.07) is 15.4. The van der Waals surface area contributed by atoms with E-state index in [1.165, 1.54) is 6.26 Å². The Labute approximate surface area is 121 Å². The van der Waals surface area contributed by atoms with E-state index in [1.807, 2.05) is 43.3 Å². The van der Waals surface area contributed by atoms with E-state index in [0.29, 0.717) is 17.5 Å². The minimum absolute atomic E-state index is 0.00398. The Bertz CT molecular complexity index is 755. The molecule has 3 aromatic rings. The Morgan fingerprint density at radius 1 is 1.19 bits per heavy atom. The van der Waals surface area contributed by atoms with Crippen LogP contribution in [0.3, 0.4) is 0 Å². The lowest BCUT2D eigenvalue weighted by Crippen LogP contribution is -2.06. The zero-order chi connectivity index (χ0) is 14.7. The fourth-order valence-corrected chi connectivity index (χ4v) is 2.02. The highest BCUT2D eigenvalue weighted by molar-refractivity contribution is 5.54. The molecule has 1 N–H and O–H groups in total. The highest BCUT2D eigenvalue weighted by Gasteiger charge is 2.18. The van der Waals surface area contributed by atoms with Crippen molar-refractivity contribution in [2.24, 2.45) is 0 Å². The second kappa shape index (κ2) is 5.55. The Balaban J connectivity index is 1.87. The molecule has 1 aromatic carbocycles. The first-order chi connectivity index (χ1) is 10.3. The second-order valence-corrected chi connectivity index (χ2v) is 4.56. The lowest BCUT2D eigenvalue weighted by atomic mass is 10.1. The molecule has 0 aliphatic carbocycles. The summed E-state index contributed by atoms with van der Waals surface area (Å²) in [6.07, 6.45) is 1.53. The zero-order valence-electron chi connectivity index (χ0n) is 11.4. The summed E-state index contributed by atoms with van der Waals surface area (Å²) in [6.45, 7) is 1.99. The third-order valence-electron chi connectivity index (χ3n) is 3.11. The Hall–Kier alpha value is -3.00. The van der Waals surface area contributed by atoms with Crippen molar-refractivity contribution in [3.63, 3.8) is 0 Å². The smallest absolute Gasteiger partial charge is 0.266 e. The fraction of sp³-hybridized carbons (Fsp3) is 0.125. The van der Waals surface area contributed by atoms with Gasteiger partial charge in [0.2, 0.25) is 11.6 Å². The van der Waals surface area contributed by atoms with Crippen LogP contribution in [0.5, 0.6) is 0 Å². The first-order valence-electron chi connectivity index (χ1n) is 6.54. The van der Waals surface area contributed by atoms with Gasteiger partial charge < -0.3 is 14.2 Å². The monoisotopic (exact) mass is 279 g/mol. The molecule has 0 aliphatic heterocycles. The quantitative estimate of drug-likeness (QED) is 0.781. The molecule has 0 aliphatic rings. The summed E-state index contributed by atoms with van der Waals surface area (Å²) in [5, 5.41) is 12.3. The number of hydrogen-bond donors (Lipinski definition) is 1. The molecule has 0 saturated heterocycles. The summed E-state index contributed by atoms with van der Waals surface area (Å²) >= 11 is 0. The van der Waals surface area contributed by atoms with E-state index < -0.39 is 0 Å². The van der Waals surface area contributed by atoms with Gasteiger partial charge in [0.15, 0.2) is 5.76 Å². The summed E-state index contributed by atoms with van der Waals surface area (Å²) in [7, 11) is 0. The summed E-state index contributed by atoms with van der Waals surface area (Å²) in [5.74, 6) is 1.13. The molecule has 0 amide bonds. The van der Waals surface area contributed by atoms with Gasteiger partial charge in [-0.2, -0.15) is 10.2 Å². The van der Waals surface area contributed by atoms with Crippen LogP contribution < -0.4 is 5.32 Å². The number of nitrogens with one attached hydrogen (secondary N) is 1. The highest BCUT2D eigenvalue weighted by atomic mass is 16.4. The highest BCUT2D eigenvalue weighted by Crippen LogP contribution is 2.28. The molecule has 0 saturated carbocycles. The topological polar surface area (TPSA) is 75.0 Å². The largest absolute Gasteiger partial charge is 0.459 e. The van der Waals surface area contributed by atoms with E-state index in [0.717, 1.165) is 5.56 Å². The number of aromatic nitrogens is 1. The fourth-order valence-electron chi connectivity index (χ4n) is 2.02. The molecule has 104 valence electrons. The molecule has 5 heteroatoms. The van der Waals surface area contributed by atoms with Crippen molar-refractivity contribution in [2.45, 2.75) is 13.0 Å². The molecule has 0 spiro atoms. The van der Waals surface area contributed by atoms with Crippen molar-refractivity contribution in [1.82, 2.24) is 4.98 Å². The van der Waals surface area contributed by atoms with Crippen LogP contribution in [0.1, 0.15) is 24.2 Å². The SMILES string of the molecule is C[C@H](Nc1oc(-c2ccco2)nc1C#N)c1ccccc1. The maximum Gasteiger partial charge on any atom is 0.266 e. The lowest BCUT2D eigenvalue weighted by molar-refractivity contribution is 0.520. The van der Waals surface area contributed by atoms with Gasteiger partial charge in [0.05, 0.1) is 12.3 Å². The third kappa shape index (κ3) is 2.65. The average molecular weight is 279 g/mol. The minimum Gasteiger partial charge on any atom is -0.459 e. The Morgan fingerprint density at radius 3 is 2.67 bits per heavy atom. The van der Waals surface area contributed by atoms with Gasteiger partial charge in [-0.1, -0.05) is 30.3 Å². The van der Waals surface area contributed by atoms with Crippen molar-refractivity contribution in [3.05, 3.63) is 60.0 Å². The molecular weight excluding hydrogens is 266 g/mol. The molecule has 2 aromatic heterocycles. The van der Waals surface area contributed by atoms with Gasteiger partial charge in [0.25, 0.3) is 5.89 Å². The molecule has 3 rings (SSSR count). The molecular formula is C16H13N3O2. The van der Waals surface area contributed by atoms with Gasteiger partial charge in [0, 0.05) is 0 Å². The van der Waals surface area contributed by atoms with Crippen molar-refractivity contribution < 1.29 is 8.83 Å². The second-order valence-electron chi connectivity index (χ2n) is 4.56. The number of anilines is 1. The summed E-state index contributed by atoms with van der Waals surface area (Å²) in [5.41, 5.74) is 1.31. The normalized spacial score (nSPS) is 11.8. The molecule has 0 radical (unpaired) electrons. The van der Waals surface area contributed by atoms with Crippen molar-refractivity contribution in [2.75, 3.05) is 5.32 Å². The molecule has 0 fully saturated rings. The first kappa shape index (κ1) is 13.0. The van der Waals surface area contributed by atoms with Gasteiger partial charge in [-0.05, 0) is 24.6 Å². The lowest BCUT2D eigenvalue weighted by Gasteiger charge is -2.12. The van der Waals surface area contributed by atoms with E-state index in [9.17, 15) is 0 Å². The summed E-state index contributed by atoms with van der Waals surface area (Å²) in [4.78, 5) is 4.13. The standard InChI is InChI=1S/C16H13N3O2/c1-11(12-6-3-2-4-7-12)18-15-13(10-17)19-16(21-15)14-8-5-9-20-14/h2-9,11,18H,1H3/t11-/m0/s1. The average Bonchev–Trinajstić information content (AvgIpc) is 3.17. The predicted octanol–water partition coefficient (Wildman–Crippen LogP) is 3.98. The van der Waals surface area contributed by atoms with Crippen LogP contribution in [0.2, 0.25) is 0 Å². The number of furan rings is 1. The molecule has 21 heavy (non-hydrogen) atoms. The van der Waals surface area contributed by atoms with Gasteiger partial charge in [-0.3, -0.25) is 0 Å². The predicted molar refractivity (Wildman–Crippen MR) is 77.4 cm³/mol. The molecule has 2 heterocycles. The number of hydrogen-bond acceptors (Lipinski definition) is 5. The maximum absolute atomic E-state index is 9.17. The van der Waals surface area contributed by atoms with E-state index >= 15 is 0 Å². The minimum atomic E-state index is -0.00398. The number of nitriles is 1. The molecule has 5 nitrogen and oxygen atoms in total.